The zero-order valence-corrected chi connectivity index (χ0v) is 13.8. The standard InChI is InChI=1S/C18H16F4N2O2/c1-3-6-24-11(2)4-5-15(16(24)17(25)26)23-10-12-7-13(18(20,21)22)9-14(19)8-12/h3-9,23H,2,10H2,1H3,(H,25,26)/b6-3-. The Morgan fingerprint density at radius 1 is 1.31 bits per heavy atom. The van der Waals surface area contributed by atoms with Gasteiger partial charge in [-0.3, -0.25) is 0 Å². The lowest BCUT2D eigenvalue weighted by Gasteiger charge is -2.27. The van der Waals surface area contributed by atoms with Crippen molar-refractivity contribution < 1.29 is 27.5 Å². The molecule has 0 unspecified atom stereocenters. The van der Waals surface area contributed by atoms with Crippen LogP contribution in [0.25, 0.3) is 0 Å². The van der Waals surface area contributed by atoms with Crippen molar-refractivity contribution in [3.8, 4) is 0 Å². The quantitative estimate of drug-likeness (QED) is 0.767. The fourth-order valence-corrected chi connectivity index (χ4v) is 2.41. The average molecular weight is 368 g/mol. The number of rotatable bonds is 5. The van der Waals surface area contributed by atoms with E-state index in [0.29, 0.717) is 11.8 Å². The summed E-state index contributed by atoms with van der Waals surface area (Å²) in [5, 5.41) is 12.2. The molecule has 26 heavy (non-hydrogen) atoms. The van der Waals surface area contributed by atoms with E-state index in [1.54, 1.807) is 19.1 Å². The molecule has 138 valence electrons. The summed E-state index contributed by atoms with van der Waals surface area (Å²) in [7, 11) is 0. The largest absolute Gasteiger partial charge is 0.476 e. The molecule has 1 aliphatic heterocycles. The number of carbonyl (C=O) groups is 1. The van der Waals surface area contributed by atoms with Crippen LogP contribution in [0.15, 0.2) is 66.3 Å². The summed E-state index contributed by atoms with van der Waals surface area (Å²) in [4.78, 5) is 12.9. The molecule has 0 aromatic heterocycles. The lowest BCUT2D eigenvalue weighted by atomic mass is 10.1. The van der Waals surface area contributed by atoms with Gasteiger partial charge in [-0.1, -0.05) is 12.7 Å². The second-order valence-electron chi connectivity index (χ2n) is 5.44. The molecule has 1 aliphatic rings. The third-order valence-electron chi connectivity index (χ3n) is 3.52. The molecule has 1 heterocycles. The molecule has 1 aromatic rings. The number of nitrogens with one attached hydrogen (secondary N) is 1. The van der Waals surface area contributed by atoms with Crippen molar-refractivity contribution in [2.24, 2.45) is 0 Å². The second kappa shape index (κ2) is 7.47. The van der Waals surface area contributed by atoms with Crippen LogP contribution >= 0.6 is 0 Å². The number of halogens is 4. The summed E-state index contributed by atoms with van der Waals surface area (Å²) in [6, 6.07) is 2.18. The topological polar surface area (TPSA) is 52.6 Å². The summed E-state index contributed by atoms with van der Waals surface area (Å²) >= 11 is 0. The highest BCUT2D eigenvalue weighted by molar-refractivity contribution is 5.88. The minimum absolute atomic E-state index is 0.0324. The average Bonchev–Trinajstić information content (AvgIpc) is 2.54. The minimum Gasteiger partial charge on any atom is -0.476 e. The number of alkyl halides is 3. The van der Waals surface area contributed by atoms with Crippen LogP contribution < -0.4 is 5.32 Å². The molecule has 0 bridgehead atoms. The van der Waals surface area contributed by atoms with Gasteiger partial charge in [0.25, 0.3) is 0 Å². The van der Waals surface area contributed by atoms with E-state index in [4.69, 9.17) is 0 Å². The van der Waals surface area contributed by atoms with Crippen molar-refractivity contribution in [3.63, 3.8) is 0 Å². The number of carboxylic acid groups (broad SMARTS) is 1. The van der Waals surface area contributed by atoms with E-state index < -0.39 is 23.5 Å². The summed E-state index contributed by atoms with van der Waals surface area (Å²) < 4.78 is 51.8. The van der Waals surface area contributed by atoms with Crippen molar-refractivity contribution >= 4 is 5.97 Å². The number of nitrogens with zero attached hydrogens (tertiary/aromatic N) is 1. The fourth-order valence-electron chi connectivity index (χ4n) is 2.41. The van der Waals surface area contributed by atoms with E-state index in [9.17, 15) is 27.5 Å². The number of aliphatic carboxylic acids is 1. The Kier molecular flexibility index (Phi) is 5.54. The van der Waals surface area contributed by atoms with Crippen LogP contribution in [0.2, 0.25) is 0 Å². The highest BCUT2D eigenvalue weighted by Crippen LogP contribution is 2.30. The lowest BCUT2D eigenvalue weighted by molar-refractivity contribution is -0.138. The van der Waals surface area contributed by atoms with Crippen molar-refractivity contribution in [1.29, 1.82) is 0 Å². The van der Waals surface area contributed by atoms with Gasteiger partial charge in [0.05, 0.1) is 11.3 Å². The first-order valence-electron chi connectivity index (χ1n) is 7.50. The molecule has 0 fully saturated rings. The molecule has 0 amide bonds. The highest BCUT2D eigenvalue weighted by Gasteiger charge is 2.31. The third-order valence-corrected chi connectivity index (χ3v) is 3.52. The van der Waals surface area contributed by atoms with Gasteiger partial charge in [-0.05, 0) is 42.8 Å². The van der Waals surface area contributed by atoms with Gasteiger partial charge in [0, 0.05) is 18.4 Å². The van der Waals surface area contributed by atoms with Crippen molar-refractivity contribution in [2.45, 2.75) is 19.6 Å². The van der Waals surface area contributed by atoms with Crippen LogP contribution in [0.5, 0.6) is 0 Å². The molecular weight excluding hydrogens is 352 g/mol. The van der Waals surface area contributed by atoms with Crippen LogP contribution in [-0.2, 0) is 17.5 Å². The number of benzene rings is 1. The fraction of sp³-hybridized carbons (Fsp3) is 0.167. The Labute approximate surface area is 147 Å². The number of hydrogen-bond acceptors (Lipinski definition) is 3. The van der Waals surface area contributed by atoms with E-state index in [1.807, 2.05) is 0 Å². The van der Waals surface area contributed by atoms with E-state index in [1.165, 1.54) is 17.2 Å². The zero-order chi connectivity index (χ0) is 19.5. The maximum Gasteiger partial charge on any atom is 0.416 e. The maximum atomic E-state index is 13.5. The van der Waals surface area contributed by atoms with Crippen molar-refractivity contribution in [3.05, 3.63) is 83.2 Å². The van der Waals surface area contributed by atoms with Gasteiger partial charge in [-0.2, -0.15) is 13.2 Å². The molecule has 0 saturated carbocycles. The summed E-state index contributed by atoms with van der Waals surface area (Å²) in [5.74, 6) is -2.27. The molecule has 8 heteroatoms. The Bertz CT molecular complexity index is 823. The Hall–Kier alpha value is -3.03. The molecule has 4 nitrogen and oxygen atoms in total. The Morgan fingerprint density at radius 3 is 2.58 bits per heavy atom. The first-order valence-corrected chi connectivity index (χ1v) is 7.50. The van der Waals surface area contributed by atoms with Crippen molar-refractivity contribution in [2.75, 3.05) is 0 Å². The molecule has 2 N–H and O–H groups in total. The first kappa shape index (κ1) is 19.3. The van der Waals surface area contributed by atoms with E-state index >= 15 is 0 Å². The number of hydrogen-bond donors (Lipinski definition) is 2. The second-order valence-corrected chi connectivity index (χ2v) is 5.44. The first-order chi connectivity index (χ1) is 12.1. The van der Waals surface area contributed by atoms with Gasteiger partial charge in [-0.15, -0.1) is 0 Å². The predicted octanol–water partition coefficient (Wildman–Crippen LogP) is 4.15. The highest BCUT2D eigenvalue weighted by atomic mass is 19.4. The summed E-state index contributed by atoms with van der Waals surface area (Å²) in [5.41, 5.74) is -0.630. The van der Waals surface area contributed by atoms with Crippen molar-refractivity contribution in [1.82, 2.24) is 10.2 Å². The maximum absolute atomic E-state index is 13.5. The number of carboxylic acids is 1. The van der Waals surface area contributed by atoms with Gasteiger partial charge in [0.1, 0.15) is 5.82 Å². The van der Waals surface area contributed by atoms with Gasteiger partial charge >= 0.3 is 12.1 Å². The lowest BCUT2D eigenvalue weighted by Crippen LogP contribution is -2.29. The Morgan fingerprint density at radius 2 is 2.00 bits per heavy atom. The van der Waals surface area contributed by atoms with Gasteiger partial charge in [0.2, 0.25) is 0 Å². The van der Waals surface area contributed by atoms with Crippen LogP contribution in [-0.4, -0.2) is 16.0 Å². The molecule has 0 atom stereocenters. The van der Waals surface area contributed by atoms with Crippen LogP contribution in [0, 0.1) is 5.82 Å². The normalized spacial score (nSPS) is 15.1. The molecular formula is C18H16F4N2O2. The molecule has 0 spiro atoms. The smallest absolute Gasteiger partial charge is 0.416 e. The van der Waals surface area contributed by atoms with Crippen LogP contribution in [0.3, 0.4) is 0 Å². The predicted molar refractivity (Wildman–Crippen MR) is 87.8 cm³/mol. The molecule has 0 aliphatic carbocycles. The molecule has 0 radical (unpaired) electrons. The summed E-state index contributed by atoms with van der Waals surface area (Å²) in [6.07, 6.45) is 1.46. The van der Waals surface area contributed by atoms with Crippen LogP contribution in [0.1, 0.15) is 18.1 Å². The summed E-state index contributed by atoms with van der Waals surface area (Å²) in [6.45, 7) is 5.25. The van der Waals surface area contributed by atoms with Gasteiger partial charge in [0.15, 0.2) is 5.70 Å². The van der Waals surface area contributed by atoms with E-state index in [-0.39, 0.29) is 23.5 Å². The van der Waals surface area contributed by atoms with Gasteiger partial charge in [-0.25, -0.2) is 9.18 Å². The minimum atomic E-state index is -4.67. The van der Waals surface area contributed by atoms with Crippen LogP contribution in [0.4, 0.5) is 17.6 Å². The van der Waals surface area contributed by atoms with E-state index in [2.05, 4.69) is 11.9 Å². The molecule has 1 aromatic carbocycles. The third kappa shape index (κ3) is 4.33. The molecule has 2 rings (SSSR count). The Balaban J connectivity index is 2.32. The van der Waals surface area contributed by atoms with Gasteiger partial charge < -0.3 is 15.3 Å². The van der Waals surface area contributed by atoms with E-state index in [0.717, 1.165) is 12.1 Å². The number of allylic oxidation sites excluding steroid dienone is 3. The zero-order valence-electron chi connectivity index (χ0n) is 13.8. The molecule has 0 saturated heterocycles. The SMILES string of the molecule is C=C1C=CC(NCc2cc(F)cc(C(F)(F)F)c2)=C(C(=O)O)N1/C=C\C. The monoisotopic (exact) mass is 368 g/mol.